The van der Waals surface area contributed by atoms with E-state index < -0.39 is 22.4 Å². The average molecular weight is 521 g/mol. The van der Waals surface area contributed by atoms with Crippen LogP contribution in [0.25, 0.3) is 16.7 Å². The fourth-order valence-corrected chi connectivity index (χ4v) is 8.80. The molecule has 0 radical (unpaired) electrons. The Balaban J connectivity index is 0.00000104. The Kier molecular flexibility index (Phi) is 6.59. The molecule has 0 N–H and O–H groups in total. The zero-order chi connectivity index (χ0) is 15.1. The predicted molar refractivity (Wildman–Crippen MR) is 91.8 cm³/mol. The fourth-order valence-electron chi connectivity index (χ4n) is 3.63. The van der Waals surface area contributed by atoms with Crippen LogP contribution in [-0.2, 0) is 22.4 Å². The molecule has 0 fully saturated rings. The normalized spacial score (nSPS) is 16.2. The molecule has 0 heterocycles. The van der Waals surface area contributed by atoms with Crippen molar-refractivity contribution in [3.63, 3.8) is 0 Å². The van der Waals surface area contributed by atoms with Gasteiger partial charge in [-0.1, -0.05) is 0 Å². The summed E-state index contributed by atoms with van der Waals surface area (Å²) in [7, 11) is 0. The van der Waals surface area contributed by atoms with Crippen molar-refractivity contribution < 1.29 is 47.2 Å². The molecule has 0 nitrogen and oxygen atoms in total. The summed E-state index contributed by atoms with van der Waals surface area (Å²) in [6, 6.07) is 16.0. The summed E-state index contributed by atoms with van der Waals surface area (Å²) in [5, 5.41) is 0. The number of hydrogen-bond acceptors (Lipinski definition) is 0. The minimum atomic E-state index is -0.840. The maximum atomic E-state index is 2.36. The van der Waals surface area contributed by atoms with E-state index in [0.29, 0.717) is 3.67 Å². The van der Waals surface area contributed by atoms with Gasteiger partial charge in [-0.15, -0.1) is 0 Å². The summed E-state index contributed by atoms with van der Waals surface area (Å²) in [6.07, 6.45) is 7.85. The second-order valence-electron chi connectivity index (χ2n) is 6.26. The van der Waals surface area contributed by atoms with Crippen molar-refractivity contribution in [2.24, 2.45) is 0 Å². The first kappa shape index (κ1) is 19.6. The Morgan fingerprint density at radius 2 is 1.62 bits per heavy atom. The maximum Gasteiger partial charge on any atom is -1.00 e. The van der Waals surface area contributed by atoms with Crippen LogP contribution in [0.2, 0.25) is 0 Å². The predicted octanol–water partition coefficient (Wildman–Crippen LogP) is -0.598. The van der Waals surface area contributed by atoms with Gasteiger partial charge in [0.2, 0.25) is 0 Å². The average Bonchev–Trinajstić information content (AvgIpc) is 3.15. The summed E-state index contributed by atoms with van der Waals surface area (Å²) in [5.74, 6) is 0. The van der Waals surface area contributed by atoms with E-state index in [1.165, 1.54) is 22.3 Å². The van der Waals surface area contributed by atoms with Gasteiger partial charge in [0.05, 0.1) is 0 Å². The maximum absolute atomic E-state index is 2.36. The standard InChI is InChI=1S/C18H13.C3H6.2ClH.Hf/c1-2-7-13(6-1)15-10-5-11-17-16-9-4-3-8-14(16)12-18(15)17;1-3-2;;;/h1-6,8-12H,7H2;1-2H3;2*1H;/q;;;;+2/p-2. The van der Waals surface area contributed by atoms with E-state index in [0.717, 1.165) is 6.42 Å². The van der Waals surface area contributed by atoms with E-state index in [1.54, 1.807) is 14.4 Å². The first-order chi connectivity index (χ1) is 10.8. The zero-order valence-corrected chi connectivity index (χ0v) is 18.9. The van der Waals surface area contributed by atoms with Gasteiger partial charge in [-0.3, -0.25) is 0 Å². The van der Waals surface area contributed by atoms with E-state index >= 15 is 0 Å². The van der Waals surface area contributed by atoms with E-state index in [9.17, 15) is 0 Å². The Morgan fingerprint density at radius 1 is 0.917 bits per heavy atom. The van der Waals surface area contributed by atoms with Crippen LogP contribution in [0, 0.1) is 0 Å². The van der Waals surface area contributed by atoms with Crippen LogP contribution in [0.5, 0.6) is 0 Å². The van der Waals surface area contributed by atoms with E-state index in [4.69, 9.17) is 0 Å². The summed E-state index contributed by atoms with van der Waals surface area (Å²) in [6.45, 7) is 4.67. The van der Waals surface area contributed by atoms with Crippen molar-refractivity contribution in [3.05, 3.63) is 77.4 Å². The molecule has 2 aliphatic carbocycles. The van der Waals surface area contributed by atoms with Crippen molar-refractivity contribution in [2.45, 2.75) is 23.9 Å². The van der Waals surface area contributed by atoms with Crippen molar-refractivity contribution in [1.82, 2.24) is 0 Å². The molecule has 1 unspecified atom stereocenters. The minimum Gasteiger partial charge on any atom is -1.00 e. The van der Waals surface area contributed by atoms with Crippen molar-refractivity contribution in [2.75, 3.05) is 0 Å². The monoisotopic (exact) mass is 521 g/mol. The largest absolute Gasteiger partial charge is 1.00 e. The smallest absolute Gasteiger partial charge is 1.00 e. The molecule has 0 bridgehead atoms. The van der Waals surface area contributed by atoms with E-state index in [2.05, 4.69) is 74.5 Å². The van der Waals surface area contributed by atoms with Crippen molar-refractivity contribution in [1.29, 1.82) is 0 Å². The van der Waals surface area contributed by atoms with Gasteiger partial charge in [0, 0.05) is 0 Å². The summed E-state index contributed by atoms with van der Waals surface area (Å²) < 4.78 is 2.40. The molecule has 0 aromatic heterocycles. The molecule has 121 valence electrons. The first-order valence-electron chi connectivity index (χ1n) is 7.90. The van der Waals surface area contributed by atoms with Gasteiger partial charge >= 0.3 is 144 Å². The molecule has 0 amide bonds. The van der Waals surface area contributed by atoms with Gasteiger partial charge in [0.25, 0.3) is 0 Å². The van der Waals surface area contributed by atoms with Gasteiger partial charge in [-0.05, 0) is 0 Å². The van der Waals surface area contributed by atoms with Crippen LogP contribution in [0.1, 0.15) is 40.6 Å². The molecule has 3 heteroatoms. The number of halogens is 2. The van der Waals surface area contributed by atoms with Crippen LogP contribution in [0.4, 0.5) is 0 Å². The zero-order valence-electron chi connectivity index (χ0n) is 13.8. The second kappa shape index (κ2) is 8.08. The second-order valence-corrected chi connectivity index (χ2v) is 13.0. The quantitative estimate of drug-likeness (QED) is 0.465. The Bertz CT molecular complexity index is 843. The third-order valence-electron chi connectivity index (χ3n) is 4.51. The Morgan fingerprint density at radius 3 is 2.33 bits per heavy atom. The van der Waals surface area contributed by atoms with Gasteiger partial charge < -0.3 is 24.8 Å². The van der Waals surface area contributed by atoms with Crippen LogP contribution in [0.15, 0.2) is 60.7 Å². The molecule has 0 spiro atoms. The molecule has 1 atom stereocenters. The molecular weight excluding hydrogens is 502 g/mol. The van der Waals surface area contributed by atoms with Gasteiger partial charge in [-0.25, -0.2) is 0 Å². The van der Waals surface area contributed by atoms with Crippen molar-refractivity contribution >= 4 is 8.83 Å². The van der Waals surface area contributed by atoms with Crippen LogP contribution in [-0.4, -0.2) is 3.26 Å². The van der Waals surface area contributed by atoms with Crippen LogP contribution >= 0.6 is 0 Å². The molecule has 24 heavy (non-hydrogen) atoms. The fraction of sp³-hybridized carbons (Fsp3) is 0.190. The summed E-state index contributed by atoms with van der Waals surface area (Å²) in [5.41, 5.74) is 9.16. The van der Waals surface area contributed by atoms with Crippen LogP contribution in [0.3, 0.4) is 0 Å². The van der Waals surface area contributed by atoms with Gasteiger partial charge in [0.15, 0.2) is 0 Å². The molecular formula is C21H19Cl2Hf. The minimum absolute atomic E-state index is 0. The van der Waals surface area contributed by atoms with Gasteiger partial charge in [-0.2, -0.15) is 0 Å². The third kappa shape index (κ3) is 3.31. The van der Waals surface area contributed by atoms with Crippen LogP contribution < -0.4 is 24.8 Å². The molecule has 2 aliphatic rings. The molecule has 2 aromatic rings. The van der Waals surface area contributed by atoms with E-state index in [-0.39, 0.29) is 24.8 Å². The Labute approximate surface area is 167 Å². The number of benzene rings is 2. The first-order valence-corrected chi connectivity index (χ1v) is 11.8. The third-order valence-corrected chi connectivity index (χ3v) is 9.77. The Hall–Kier alpha value is -0.760. The number of allylic oxidation sites excluding steroid dienone is 4. The molecule has 0 saturated carbocycles. The summed E-state index contributed by atoms with van der Waals surface area (Å²) >= 11 is -0.840. The topological polar surface area (TPSA) is 0 Å². The molecule has 0 aliphatic heterocycles. The van der Waals surface area contributed by atoms with Gasteiger partial charge in [0.1, 0.15) is 0 Å². The van der Waals surface area contributed by atoms with Crippen molar-refractivity contribution in [3.8, 4) is 11.1 Å². The summed E-state index contributed by atoms with van der Waals surface area (Å²) in [4.78, 5) is 0. The number of fused-ring (bicyclic) bond motifs is 3. The number of hydrogen-bond donors (Lipinski definition) is 0. The number of rotatable bonds is 2. The molecule has 0 saturated heterocycles. The molecule has 2 aromatic carbocycles. The SMILES string of the molecule is C[C](C)=[Hf+2][CH]1c2ccccc2-c2cccc(C3=CC=CC3)c21.[Cl-].[Cl-]. The van der Waals surface area contributed by atoms with E-state index in [1.807, 2.05) is 0 Å². The molecule has 4 rings (SSSR count).